The quantitative estimate of drug-likeness (QED) is 0.929. The highest BCUT2D eigenvalue weighted by Gasteiger charge is 2.24. The van der Waals surface area contributed by atoms with Gasteiger partial charge in [-0.05, 0) is 27.7 Å². The van der Waals surface area contributed by atoms with E-state index in [1.54, 1.807) is 42.5 Å². The number of nitrogens with one attached hydrogen (secondary N) is 1. The lowest BCUT2D eigenvalue weighted by atomic mass is 10.4. The Morgan fingerprint density at radius 3 is 2.35 bits per heavy atom. The van der Waals surface area contributed by atoms with Crippen molar-refractivity contribution in [2.24, 2.45) is 7.05 Å². The smallest absolute Gasteiger partial charge is 0.266 e. The Morgan fingerprint density at radius 2 is 1.90 bits per heavy atom. The number of sulfonamides is 1. The molecule has 0 atom stereocenters. The summed E-state index contributed by atoms with van der Waals surface area (Å²) in [5, 5.41) is 8.31. The maximum Gasteiger partial charge on any atom is 0.266 e. The summed E-state index contributed by atoms with van der Waals surface area (Å²) in [5.74, 6) is 0.307. The first-order valence-corrected chi connectivity index (χ1v) is 7.79. The van der Waals surface area contributed by atoms with E-state index < -0.39 is 10.0 Å². The van der Waals surface area contributed by atoms with E-state index in [0.29, 0.717) is 17.2 Å². The van der Waals surface area contributed by atoms with Crippen LogP contribution in [0.3, 0.4) is 0 Å². The van der Waals surface area contributed by atoms with Crippen molar-refractivity contribution in [2.75, 3.05) is 4.72 Å². The van der Waals surface area contributed by atoms with Gasteiger partial charge in [0, 0.05) is 25.4 Å². The molecule has 7 nitrogen and oxygen atoms in total. The van der Waals surface area contributed by atoms with E-state index >= 15 is 0 Å². The van der Waals surface area contributed by atoms with Crippen LogP contribution in [0.5, 0.6) is 0 Å². The molecule has 0 aromatic carbocycles. The molecule has 2 aromatic rings. The van der Waals surface area contributed by atoms with Crippen LogP contribution in [-0.2, 0) is 17.1 Å². The average Bonchev–Trinajstić information content (AvgIpc) is 2.84. The third-order valence-electron chi connectivity index (χ3n) is 3.09. The summed E-state index contributed by atoms with van der Waals surface area (Å²) in [7, 11) is -1.96. The van der Waals surface area contributed by atoms with Gasteiger partial charge in [-0.15, -0.1) is 0 Å². The van der Waals surface area contributed by atoms with Crippen molar-refractivity contribution in [1.29, 1.82) is 0 Å². The number of anilines is 1. The van der Waals surface area contributed by atoms with Crippen molar-refractivity contribution < 1.29 is 8.42 Å². The second-order valence-corrected chi connectivity index (χ2v) is 6.62. The third kappa shape index (κ3) is 2.55. The summed E-state index contributed by atoms with van der Waals surface area (Å²) in [4.78, 5) is 0.207. The van der Waals surface area contributed by atoms with Gasteiger partial charge in [-0.3, -0.25) is 14.1 Å². The number of aryl methyl sites for hydroxylation is 2. The van der Waals surface area contributed by atoms with Gasteiger partial charge in [-0.2, -0.15) is 10.2 Å². The second-order valence-electron chi connectivity index (χ2n) is 5.00. The topological polar surface area (TPSA) is 81.8 Å². The highest BCUT2D eigenvalue weighted by molar-refractivity contribution is 7.92. The molecule has 2 heterocycles. The first-order valence-electron chi connectivity index (χ1n) is 6.30. The van der Waals surface area contributed by atoms with Gasteiger partial charge in [0.15, 0.2) is 5.82 Å². The van der Waals surface area contributed by atoms with E-state index in [1.807, 2.05) is 13.8 Å². The average molecular weight is 297 g/mol. The SMILES string of the molecule is Cc1nn(C)c(C)c1S(=O)(=O)Nc1ccn(C(C)C)n1. The zero-order chi connectivity index (χ0) is 15.1. The Labute approximate surface area is 118 Å². The lowest BCUT2D eigenvalue weighted by molar-refractivity contribution is 0.534. The molecule has 0 saturated carbocycles. The van der Waals surface area contributed by atoms with Crippen LogP contribution in [0.1, 0.15) is 31.3 Å². The molecule has 110 valence electrons. The van der Waals surface area contributed by atoms with Crippen LogP contribution < -0.4 is 4.72 Å². The first kappa shape index (κ1) is 14.6. The molecule has 0 spiro atoms. The van der Waals surface area contributed by atoms with Gasteiger partial charge in [-0.1, -0.05) is 0 Å². The lowest BCUT2D eigenvalue weighted by Gasteiger charge is -2.07. The van der Waals surface area contributed by atoms with Crippen LogP contribution in [0.2, 0.25) is 0 Å². The summed E-state index contributed by atoms with van der Waals surface area (Å²) in [6, 6.07) is 1.81. The van der Waals surface area contributed by atoms with Gasteiger partial charge in [-0.25, -0.2) is 8.42 Å². The molecule has 0 aliphatic carbocycles. The van der Waals surface area contributed by atoms with Crippen molar-refractivity contribution in [3.63, 3.8) is 0 Å². The third-order valence-corrected chi connectivity index (χ3v) is 4.69. The summed E-state index contributed by atoms with van der Waals surface area (Å²) < 4.78 is 30.6. The fourth-order valence-corrected chi connectivity index (χ4v) is 3.45. The minimum Gasteiger partial charge on any atom is -0.271 e. The summed E-state index contributed by atoms with van der Waals surface area (Å²) in [5.41, 5.74) is 1.07. The van der Waals surface area contributed by atoms with E-state index in [2.05, 4.69) is 14.9 Å². The fraction of sp³-hybridized carbons (Fsp3) is 0.500. The highest BCUT2D eigenvalue weighted by atomic mass is 32.2. The molecule has 0 fully saturated rings. The molecule has 0 amide bonds. The number of aromatic nitrogens is 4. The van der Waals surface area contributed by atoms with Crippen LogP contribution in [0.15, 0.2) is 17.2 Å². The monoisotopic (exact) mass is 297 g/mol. The molecule has 0 aliphatic heterocycles. The molecule has 20 heavy (non-hydrogen) atoms. The summed E-state index contributed by atoms with van der Waals surface area (Å²) in [6.07, 6.45) is 1.74. The van der Waals surface area contributed by atoms with E-state index in [1.165, 1.54) is 0 Å². The van der Waals surface area contributed by atoms with Crippen molar-refractivity contribution in [3.8, 4) is 0 Å². The maximum atomic E-state index is 12.4. The van der Waals surface area contributed by atoms with Crippen LogP contribution in [0.4, 0.5) is 5.82 Å². The Balaban J connectivity index is 2.35. The molecule has 0 bridgehead atoms. The fourth-order valence-electron chi connectivity index (χ4n) is 2.01. The van der Waals surface area contributed by atoms with Crippen molar-refractivity contribution >= 4 is 15.8 Å². The van der Waals surface area contributed by atoms with Crippen LogP contribution in [0.25, 0.3) is 0 Å². The number of hydrogen-bond acceptors (Lipinski definition) is 4. The van der Waals surface area contributed by atoms with Crippen LogP contribution in [-0.4, -0.2) is 28.0 Å². The predicted molar refractivity (Wildman–Crippen MR) is 76.1 cm³/mol. The Kier molecular flexibility index (Phi) is 3.59. The van der Waals surface area contributed by atoms with Gasteiger partial charge >= 0.3 is 0 Å². The molecule has 0 saturated heterocycles. The molecule has 2 aromatic heterocycles. The summed E-state index contributed by atoms with van der Waals surface area (Å²) >= 11 is 0. The molecular weight excluding hydrogens is 278 g/mol. The number of rotatable bonds is 4. The number of hydrogen-bond donors (Lipinski definition) is 1. The number of nitrogens with zero attached hydrogens (tertiary/aromatic N) is 4. The largest absolute Gasteiger partial charge is 0.271 e. The molecule has 2 rings (SSSR count). The lowest BCUT2D eigenvalue weighted by Crippen LogP contribution is -2.15. The minimum atomic E-state index is -3.68. The molecule has 8 heteroatoms. The van der Waals surface area contributed by atoms with Gasteiger partial charge in [0.05, 0.1) is 11.4 Å². The van der Waals surface area contributed by atoms with E-state index in [-0.39, 0.29) is 10.9 Å². The first-order chi connectivity index (χ1) is 9.22. The zero-order valence-corrected chi connectivity index (χ0v) is 13.1. The van der Waals surface area contributed by atoms with E-state index in [9.17, 15) is 8.42 Å². The summed E-state index contributed by atoms with van der Waals surface area (Å²) in [6.45, 7) is 7.34. The van der Waals surface area contributed by atoms with Crippen molar-refractivity contribution in [2.45, 2.75) is 38.6 Å². The minimum absolute atomic E-state index is 0.176. The highest BCUT2D eigenvalue weighted by Crippen LogP contribution is 2.21. The standard InChI is InChI=1S/C12H19N5O2S/c1-8(2)17-7-6-11(14-17)15-20(18,19)12-9(3)13-16(5)10(12)4/h6-8H,1-5H3,(H,14,15). The van der Waals surface area contributed by atoms with E-state index in [4.69, 9.17) is 0 Å². The van der Waals surface area contributed by atoms with Gasteiger partial charge in [0.25, 0.3) is 10.0 Å². The Morgan fingerprint density at radius 1 is 1.25 bits per heavy atom. The van der Waals surface area contributed by atoms with Crippen LogP contribution >= 0.6 is 0 Å². The normalized spacial score (nSPS) is 12.1. The van der Waals surface area contributed by atoms with Crippen LogP contribution in [0, 0.1) is 13.8 Å². The maximum absolute atomic E-state index is 12.4. The Hall–Kier alpha value is -1.83. The molecular formula is C12H19N5O2S. The van der Waals surface area contributed by atoms with Crippen molar-refractivity contribution in [1.82, 2.24) is 19.6 Å². The second kappa shape index (κ2) is 4.93. The van der Waals surface area contributed by atoms with Crippen molar-refractivity contribution in [3.05, 3.63) is 23.7 Å². The predicted octanol–water partition coefficient (Wildman–Crippen LogP) is 1.62. The Bertz CT molecular complexity index is 727. The zero-order valence-electron chi connectivity index (χ0n) is 12.2. The molecule has 1 N–H and O–H groups in total. The van der Waals surface area contributed by atoms with Gasteiger partial charge < -0.3 is 0 Å². The van der Waals surface area contributed by atoms with Gasteiger partial charge in [0.1, 0.15) is 4.90 Å². The molecule has 0 radical (unpaired) electrons. The molecule has 0 aliphatic rings. The van der Waals surface area contributed by atoms with Gasteiger partial charge in [0.2, 0.25) is 0 Å². The van der Waals surface area contributed by atoms with E-state index in [0.717, 1.165) is 0 Å². The molecule has 0 unspecified atom stereocenters.